The first-order valence-electron chi connectivity index (χ1n) is 6.61. The molecule has 1 aliphatic heterocycles. The summed E-state index contributed by atoms with van der Waals surface area (Å²) in [5.41, 5.74) is 6.15. The third-order valence-electron chi connectivity index (χ3n) is 4.11. The fourth-order valence-corrected chi connectivity index (χ4v) is 3.89. The highest BCUT2D eigenvalue weighted by molar-refractivity contribution is 7.09. The number of aromatic nitrogens is 2. The first-order chi connectivity index (χ1) is 8.28. The van der Waals surface area contributed by atoms with Crippen LogP contribution in [0.3, 0.4) is 0 Å². The quantitative estimate of drug-likeness (QED) is 0.889. The van der Waals surface area contributed by atoms with Gasteiger partial charge in [-0.25, -0.2) is 4.98 Å². The topological polar surface area (TPSA) is 55.0 Å². The van der Waals surface area contributed by atoms with Crippen molar-refractivity contribution >= 4 is 16.7 Å². The molecule has 2 heterocycles. The molecule has 2 N–H and O–H groups in total. The lowest BCUT2D eigenvalue weighted by atomic mass is 9.98. The Balaban J connectivity index is 1.69. The first kappa shape index (κ1) is 11.4. The van der Waals surface area contributed by atoms with Crippen molar-refractivity contribution in [1.29, 1.82) is 0 Å². The molecule has 1 saturated carbocycles. The van der Waals surface area contributed by atoms with Gasteiger partial charge >= 0.3 is 0 Å². The lowest BCUT2D eigenvalue weighted by Crippen LogP contribution is -2.30. The molecule has 0 spiro atoms. The molecule has 0 aromatic carbocycles. The van der Waals surface area contributed by atoms with Crippen molar-refractivity contribution in [2.24, 2.45) is 17.6 Å². The van der Waals surface area contributed by atoms with Crippen LogP contribution in [0.1, 0.15) is 32.0 Å². The molecule has 0 amide bonds. The van der Waals surface area contributed by atoms with E-state index in [1.807, 2.05) is 0 Å². The Kier molecular flexibility index (Phi) is 3.04. The van der Waals surface area contributed by atoms with Crippen LogP contribution in [0.25, 0.3) is 0 Å². The van der Waals surface area contributed by atoms with E-state index in [9.17, 15) is 0 Å². The minimum absolute atomic E-state index is 0.410. The number of hydrogen-bond acceptors (Lipinski definition) is 5. The number of anilines is 1. The lowest BCUT2D eigenvalue weighted by molar-refractivity contribution is 0.453. The predicted molar refractivity (Wildman–Crippen MR) is 70.3 cm³/mol. The number of hydrogen-bond donors (Lipinski definition) is 1. The Labute approximate surface area is 106 Å². The summed E-state index contributed by atoms with van der Waals surface area (Å²) in [6, 6.07) is 0.410. The maximum absolute atomic E-state index is 6.15. The van der Waals surface area contributed by atoms with E-state index in [0.29, 0.717) is 12.0 Å². The monoisotopic (exact) mass is 252 g/mol. The summed E-state index contributed by atoms with van der Waals surface area (Å²) >= 11 is 1.55. The maximum Gasteiger partial charge on any atom is 0.205 e. The smallest absolute Gasteiger partial charge is 0.205 e. The van der Waals surface area contributed by atoms with Gasteiger partial charge in [0.2, 0.25) is 5.13 Å². The number of fused-ring (bicyclic) bond motifs is 1. The van der Waals surface area contributed by atoms with Crippen LogP contribution < -0.4 is 10.6 Å². The van der Waals surface area contributed by atoms with E-state index >= 15 is 0 Å². The Bertz CT molecular complexity index is 392. The molecule has 4 nitrogen and oxygen atoms in total. The highest BCUT2D eigenvalue weighted by atomic mass is 32.1. The van der Waals surface area contributed by atoms with Crippen molar-refractivity contribution in [2.45, 2.75) is 38.6 Å². The molecule has 2 fully saturated rings. The highest BCUT2D eigenvalue weighted by Crippen LogP contribution is 2.39. The SMILES string of the molecule is CCCc1nsc(N2CC3CCC(N)C3C2)n1. The summed E-state index contributed by atoms with van der Waals surface area (Å²) in [5.74, 6) is 2.49. The van der Waals surface area contributed by atoms with Gasteiger partial charge in [-0.3, -0.25) is 0 Å². The van der Waals surface area contributed by atoms with Gasteiger partial charge in [0.1, 0.15) is 5.82 Å². The molecule has 1 aromatic rings. The maximum atomic E-state index is 6.15. The van der Waals surface area contributed by atoms with Crippen molar-refractivity contribution in [3.8, 4) is 0 Å². The normalized spacial score (nSPS) is 32.1. The second kappa shape index (κ2) is 4.53. The van der Waals surface area contributed by atoms with Gasteiger partial charge in [-0.1, -0.05) is 6.92 Å². The average molecular weight is 252 g/mol. The van der Waals surface area contributed by atoms with Crippen LogP contribution in [0.15, 0.2) is 0 Å². The van der Waals surface area contributed by atoms with E-state index < -0.39 is 0 Å². The van der Waals surface area contributed by atoms with Gasteiger partial charge < -0.3 is 10.6 Å². The van der Waals surface area contributed by atoms with Crippen molar-refractivity contribution in [3.05, 3.63) is 5.82 Å². The lowest BCUT2D eigenvalue weighted by Gasteiger charge is -2.16. The largest absolute Gasteiger partial charge is 0.346 e. The van der Waals surface area contributed by atoms with Gasteiger partial charge in [0.05, 0.1) is 0 Å². The Morgan fingerprint density at radius 3 is 3.06 bits per heavy atom. The molecule has 94 valence electrons. The zero-order valence-electron chi connectivity index (χ0n) is 10.3. The molecule has 3 unspecified atom stereocenters. The standard InChI is InChI=1S/C12H20N4S/c1-2-3-11-14-12(17-15-11)16-6-8-4-5-10(13)9(8)7-16/h8-10H,2-7,13H2,1H3. The van der Waals surface area contributed by atoms with E-state index in [1.165, 1.54) is 12.8 Å². The van der Waals surface area contributed by atoms with E-state index in [0.717, 1.165) is 42.8 Å². The summed E-state index contributed by atoms with van der Waals surface area (Å²) < 4.78 is 4.42. The molecule has 3 atom stereocenters. The van der Waals surface area contributed by atoms with Gasteiger partial charge in [-0.05, 0) is 31.1 Å². The van der Waals surface area contributed by atoms with Crippen LogP contribution in [0.5, 0.6) is 0 Å². The Morgan fingerprint density at radius 1 is 1.41 bits per heavy atom. The molecule has 0 radical (unpaired) electrons. The van der Waals surface area contributed by atoms with Gasteiger partial charge in [-0.2, -0.15) is 4.37 Å². The van der Waals surface area contributed by atoms with Gasteiger partial charge in [-0.15, -0.1) is 0 Å². The fraction of sp³-hybridized carbons (Fsp3) is 0.833. The zero-order chi connectivity index (χ0) is 11.8. The van der Waals surface area contributed by atoms with Crippen molar-refractivity contribution < 1.29 is 0 Å². The molecule has 17 heavy (non-hydrogen) atoms. The number of aryl methyl sites for hydroxylation is 1. The highest BCUT2D eigenvalue weighted by Gasteiger charge is 2.41. The second-order valence-corrected chi connectivity index (χ2v) is 6.04. The first-order valence-corrected chi connectivity index (χ1v) is 7.38. The molecule has 1 aliphatic carbocycles. The van der Waals surface area contributed by atoms with Crippen LogP contribution in [-0.4, -0.2) is 28.5 Å². The van der Waals surface area contributed by atoms with Crippen LogP contribution in [0.4, 0.5) is 5.13 Å². The van der Waals surface area contributed by atoms with E-state index in [1.54, 1.807) is 11.5 Å². The van der Waals surface area contributed by atoms with Gasteiger partial charge in [0, 0.05) is 37.1 Å². The minimum atomic E-state index is 0.410. The zero-order valence-corrected chi connectivity index (χ0v) is 11.1. The molecule has 5 heteroatoms. The van der Waals surface area contributed by atoms with E-state index in [-0.39, 0.29) is 0 Å². The van der Waals surface area contributed by atoms with Gasteiger partial charge in [0.25, 0.3) is 0 Å². The Morgan fingerprint density at radius 2 is 2.29 bits per heavy atom. The van der Waals surface area contributed by atoms with Crippen LogP contribution >= 0.6 is 11.5 Å². The molecule has 3 rings (SSSR count). The average Bonchev–Trinajstić information content (AvgIpc) is 2.96. The molecule has 1 aromatic heterocycles. The second-order valence-electron chi connectivity index (χ2n) is 5.31. The van der Waals surface area contributed by atoms with Crippen molar-refractivity contribution in [3.63, 3.8) is 0 Å². The minimum Gasteiger partial charge on any atom is -0.346 e. The molecule has 1 saturated heterocycles. The summed E-state index contributed by atoms with van der Waals surface area (Å²) in [7, 11) is 0. The molecular formula is C12H20N4S. The molecule has 0 bridgehead atoms. The number of nitrogens with two attached hydrogens (primary N) is 1. The Hall–Kier alpha value is -0.680. The van der Waals surface area contributed by atoms with Crippen LogP contribution in [0.2, 0.25) is 0 Å². The molecular weight excluding hydrogens is 232 g/mol. The third-order valence-corrected chi connectivity index (χ3v) is 4.93. The number of nitrogens with zero attached hydrogens (tertiary/aromatic N) is 3. The predicted octanol–water partition coefficient (Wildman–Crippen LogP) is 1.66. The molecule has 2 aliphatic rings. The summed E-state index contributed by atoms with van der Waals surface area (Å²) in [4.78, 5) is 7.02. The third kappa shape index (κ3) is 2.06. The van der Waals surface area contributed by atoms with Gasteiger partial charge in [0.15, 0.2) is 0 Å². The van der Waals surface area contributed by atoms with Crippen LogP contribution in [0, 0.1) is 11.8 Å². The number of rotatable bonds is 3. The summed E-state index contributed by atoms with van der Waals surface area (Å²) in [6.45, 7) is 4.39. The summed E-state index contributed by atoms with van der Waals surface area (Å²) in [5, 5.41) is 1.11. The van der Waals surface area contributed by atoms with E-state index in [2.05, 4.69) is 21.2 Å². The van der Waals surface area contributed by atoms with E-state index in [4.69, 9.17) is 5.73 Å². The van der Waals surface area contributed by atoms with Crippen molar-refractivity contribution in [2.75, 3.05) is 18.0 Å². The fourth-order valence-electron chi connectivity index (χ4n) is 3.16. The van der Waals surface area contributed by atoms with Crippen molar-refractivity contribution in [1.82, 2.24) is 9.36 Å². The summed E-state index contributed by atoms with van der Waals surface area (Å²) in [6.07, 6.45) is 4.62. The van der Waals surface area contributed by atoms with Crippen LogP contribution in [-0.2, 0) is 6.42 Å².